The second-order valence-corrected chi connectivity index (χ2v) is 16.5. The van der Waals surface area contributed by atoms with Gasteiger partial charge in [0.05, 0.1) is 39.6 Å². The average molecular weight is 819 g/mol. The third-order valence-corrected chi connectivity index (χ3v) is 10.9. The van der Waals surface area contributed by atoms with Crippen LogP contribution in [-0.4, -0.2) is 65.2 Å². The highest BCUT2D eigenvalue weighted by atomic mass is 16.5. The zero-order chi connectivity index (χ0) is 41.8. The van der Waals surface area contributed by atoms with Crippen LogP contribution in [0.1, 0.15) is 230 Å². The molecule has 0 aromatic heterocycles. The van der Waals surface area contributed by atoms with Gasteiger partial charge in [-0.2, -0.15) is 0 Å². The number of carbonyl (C=O) groups excluding carboxylic acids is 1. The van der Waals surface area contributed by atoms with E-state index in [-0.39, 0.29) is 5.91 Å². The largest absolute Gasteiger partial charge is 0.490 e. The maximum Gasteiger partial charge on any atom is 0.251 e. The van der Waals surface area contributed by atoms with Crippen molar-refractivity contribution in [3.8, 4) is 17.2 Å². The lowest BCUT2D eigenvalue weighted by atomic mass is 10.1. The summed E-state index contributed by atoms with van der Waals surface area (Å²) < 4.78 is 30.6. The first-order valence-corrected chi connectivity index (χ1v) is 24.9. The van der Waals surface area contributed by atoms with Crippen LogP contribution in [0.15, 0.2) is 12.1 Å². The second kappa shape index (κ2) is 43.1. The fourth-order valence-electron chi connectivity index (χ4n) is 7.22. The molecule has 0 spiro atoms. The third kappa shape index (κ3) is 32.8. The van der Waals surface area contributed by atoms with Crippen molar-refractivity contribution in [3.05, 3.63) is 17.7 Å². The molecule has 1 aromatic rings. The molecule has 0 radical (unpaired) electrons. The van der Waals surface area contributed by atoms with Crippen LogP contribution in [0.5, 0.6) is 17.2 Å². The monoisotopic (exact) mass is 819 g/mol. The van der Waals surface area contributed by atoms with Crippen molar-refractivity contribution < 1.29 is 28.5 Å². The molecular formula is C50H94N2O6. The molecule has 0 unspecified atom stereocenters. The Morgan fingerprint density at radius 2 is 0.776 bits per heavy atom. The van der Waals surface area contributed by atoms with E-state index < -0.39 is 0 Å². The molecule has 1 aromatic carbocycles. The lowest BCUT2D eigenvalue weighted by Crippen LogP contribution is -2.27. The number of amides is 1. The molecule has 8 nitrogen and oxygen atoms in total. The van der Waals surface area contributed by atoms with E-state index in [1.165, 1.54) is 154 Å². The summed E-state index contributed by atoms with van der Waals surface area (Å²) in [5, 5.41) is 3.03. The fraction of sp³-hybridized carbons (Fsp3) is 0.860. The Balaban J connectivity index is 2.87. The smallest absolute Gasteiger partial charge is 0.251 e. The van der Waals surface area contributed by atoms with Crippen LogP contribution in [0.4, 0.5) is 0 Å². The first kappa shape index (κ1) is 54.0. The molecule has 0 saturated heterocycles. The Bertz CT molecular complexity index is 977. The van der Waals surface area contributed by atoms with Crippen LogP contribution < -0.4 is 25.3 Å². The summed E-state index contributed by atoms with van der Waals surface area (Å²) >= 11 is 0. The molecule has 3 N–H and O–H groups in total. The van der Waals surface area contributed by atoms with Gasteiger partial charge in [-0.3, -0.25) is 4.79 Å². The lowest BCUT2D eigenvalue weighted by molar-refractivity contribution is 0.0479. The van der Waals surface area contributed by atoms with E-state index in [2.05, 4.69) is 26.1 Å². The zero-order valence-electron chi connectivity index (χ0n) is 38.5. The van der Waals surface area contributed by atoms with Gasteiger partial charge < -0.3 is 34.7 Å². The Kier molecular flexibility index (Phi) is 40.1. The average Bonchev–Trinajstić information content (AvgIpc) is 3.23. The molecular weight excluding hydrogens is 725 g/mol. The summed E-state index contributed by atoms with van der Waals surface area (Å²) in [5.74, 6) is 1.69. The van der Waals surface area contributed by atoms with E-state index in [0.29, 0.717) is 82.1 Å². The Labute approximate surface area is 358 Å². The maximum absolute atomic E-state index is 13.5. The van der Waals surface area contributed by atoms with Gasteiger partial charge >= 0.3 is 0 Å². The number of benzene rings is 1. The summed E-state index contributed by atoms with van der Waals surface area (Å²) in [7, 11) is 0. The molecule has 0 aliphatic rings. The summed E-state index contributed by atoms with van der Waals surface area (Å²) in [6, 6.07) is 3.69. The topological polar surface area (TPSA) is 101 Å². The van der Waals surface area contributed by atoms with E-state index in [1.54, 1.807) is 0 Å². The molecule has 0 heterocycles. The van der Waals surface area contributed by atoms with Crippen molar-refractivity contribution in [1.29, 1.82) is 0 Å². The summed E-state index contributed by atoms with van der Waals surface area (Å²) in [6.45, 7) is 11.7. The molecule has 0 saturated carbocycles. The molecule has 340 valence electrons. The van der Waals surface area contributed by atoms with Crippen LogP contribution in [-0.2, 0) is 9.47 Å². The lowest BCUT2D eigenvalue weighted by Gasteiger charge is -2.19. The van der Waals surface area contributed by atoms with Gasteiger partial charge in [-0.15, -0.1) is 0 Å². The highest BCUT2D eigenvalue weighted by Crippen LogP contribution is 2.40. The Morgan fingerprint density at radius 3 is 1.16 bits per heavy atom. The van der Waals surface area contributed by atoms with Crippen LogP contribution in [0.2, 0.25) is 0 Å². The molecule has 8 heteroatoms. The number of hydrogen-bond donors (Lipinski definition) is 2. The third-order valence-electron chi connectivity index (χ3n) is 10.9. The zero-order valence-corrected chi connectivity index (χ0v) is 38.5. The van der Waals surface area contributed by atoms with Crippen LogP contribution >= 0.6 is 0 Å². The molecule has 0 atom stereocenters. The van der Waals surface area contributed by atoms with Crippen molar-refractivity contribution in [2.24, 2.45) is 5.73 Å². The van der Waals surface area contributed by atoms with Gasteiger partial charge in [0.1, 0.15) is 0 Å². The number of nitrogens with one attached hydrogen (secondary N) is 1. The highest BCUT2D eigenvalue weighted by molar-refractivity contribution is 5.95. The van der Waals surface area contributed by atoms with Crippen LogP contribution in [0.3, 0.4) is 0 Å². The quantitative estimate of drug-likeness (QED) is 0.0632. The predicted molar refractivity (Wildman–Crippen MR) is 246 cm³/mol. The van der Waals surface area contributed by atoms with Gasteiger partial charge in [0.15, 0.2) is 11.5 Å². The van der Waals surface area contributed by atoms with Gasteiger partial charge in [0, 0.05) is 18.7 Å². The number of rotatable bonds is 46. The van der Waals surface area contributed by atoms with Crippen molar-refractivity contribution in [2.75, 3.05) is 59.3 Å². The van der Waals surface area contributed by atoms with E-state index in [1.807, 2.05) is 12.1 Å². The number of ether oxygens (including phenoxy) is 5. The van der Waals surface area contributed by atoms with Crippen molar-refractivity contribution >= 4 is 5.91 Å². The standard InChI is InChI=1S/C50H94N2O6/c1-4-7-10-13-16-19-22-25-28-31-38-56-47-44-46(50(53)52-36-41-55-43-42-54-37-34-35-51)45-48(57-39-32-29-26-23-20-17-14-11-8-5-2)49(47)58-40-33-30-27-24-21-18-15-12-9-6-3/h44-45H,4-43,51H2,1-3H3,(H,52,53). The van der Waals surface area contributed by atoms with Crippen molar-refractivity contribution in [2.45, 2.75) is 220 Å². The van der Waals surface area contributed by atoms with Gasteiger partial charge in [0.25, 0.3) is 5.91 Å². The van der Waals surface area contributed by atoms with E-state index in [9.17, 15) is 4.79 Å². The predicted octanol–water partition coefficient (Wildman–Crippen LogP) is 13.7. The summed E-state index contributed by atoms with van der Waals surface area (Å²) in [6.07, 6.45) is 39.0. The second-order valence-electron chi connectivity index (χ2n) is 16.5. The Morgan fingerprint density at radius 1 is 0.431 bits per heavy atom. The molecule has 0 aliphatic heterocycles. The summed E-state index contributed by atoms with van der Waals surface area (Å²) in [4.78, 5) is 13.5. The Hall–Kier alpha value is -2.03. The van der Waals surface area contributed by atoms with E-state index >= 15 is 0 Å². The number of unbranched alkanes of at least 4 members (excludes halogenated alkanes) is 27. The summed E-state index contributed by atoms with van der Waals surface area (Å²) in [5.41, 5.74) is 6.05. The molecule has 0 fully saturated rings. The number of hydrogen-bond acceptors (Lipinski definition) is 7. The number of carbonyl (C=O) groups is 1. The van der Waals surface area contributed by atoms with Gasteiger partial charge in [-0.05, 0) is 44.4 Å². The normalized spacial score (nSPS) is 11.3. The maximum atomic E-state index is 13.5. The minimum absolute atomic E-state index is 0.170. The van der Waals surface area contributed by atoms with Crippen LogP contribution in [0, 0.1) is 0 Å². The highest BCUT2D eigenvalue weighted by Gasteiger charge is 2.19. The SMILES string of the molecule is CCCCCCCCCCCCOc1cc(C(=O)NCCOCCOCCCN)cc(OCCCCCCCCCCCC)c1OCCCCCCCCCCCC. The van der Waals surface area contributed by atoms with E-state index in [0.717, 1.165) is 44.9 Å². The number of nitrogens with two attached hydrogens (primary N) is 1. The molecule has 1 rings (SSSR count). The first-order valence-electron chi connectivity index (χ1n) is 24.9. The van der Waals surface area contributed by atoms with Gasteiger partial charge in [0.2, 0.25) is 5.75 Å². The van der Waals surface area contributed by atoms with Crippen molar-refractivity contribution in [1.82, 2.24) is 5.32 Å². The van der Waals surface area contributed by atoms with Crippen LogP contribution in [0.25, 0.3) is 0 Å². The molecule has 0 aliphatic carbocycles. The molecule has 1 amide bonds. The minimum atomic E-state index is -0.170. The molecule has 0 bridgehead atoms. The first-order chi connectivity index (χ1) is 28.7. The minimum Gasteiger partial charge on any atom is -0.490 e. The van der Waals surface area contributed by atoms with Gasteiger partial charge in [-0.1, -0.05) is 194 Å². The van der Waals surface area contributed by atoms with Gasteiger partial charge in [-0.25, -0.2) is 0 Å². The molecule has 58 heavy (non-hydrogen) atoms. The van der Waals surface area contributed by atoms with E-state index in [4.69, 9.17) is 29.4 Å². The fourth-order valence-corrected chi connectivity index (χ4v) is 7.22. The van der Waals surface area contributed by atoms with Crippen molar-refractivity contribution in [3.63, 3.8) is 0 Å².